The molecule has 2 saturated heterocycles. The van der Waals surface area contributed by atoms with E-state index < -0.39 is 6.04 Å². The van der Waals surface area contributed by atoms with Crippen LogP contribution in [0.15, 0.2) is 36.4 Å². The van der Waals surface area contributed by atoms with Gasteiger partial charge in [0.1, 0.15) is 6.04 Å². The fourth-order valence-corrected chi connectivity index (χ4v) is 5.25. The van der Waals surface area contributed by atoms with E-state index in [9.17, 15) is 14.4 Å². The summed E-state index contributed by atoms with van der Waals surface area (Å²) in [6, 6.07) is 8.90. The molecule has 3 aliphatic rings. The first-order valence-corrected chi connectivity index (χ1v) is 12.0. The van der Waals surface area contributed by atoms with Crippen LogP contribution in [0.1, 0.15) is 45.1 Å². The van der Waals surface area contributed by atoms with Crippen molar-refractivity contribution < 1.29 is 14.4 Å². The molecule has 2 fully saturated rings. The number of carbonyl (C=O) groups is 3. The highest BCUT2D eigenvalue weighted by Crippen LogP contribution is 2.37. The van der Waals surface area contributed by atoms with Gasteiger partial charge in [-0.2, -0.15) is 5.26 Å². The van der Waals surface area contributed by atoms with Crippen LogP contribution in [-0.4, -0.2) is 59.7 Å². The summed E-state index contributed by atoms with van der Waals surface area (Å²) in [4.78, 5) is 45.4. The minimum atomic E-state index is -0.725. The normalized spacial score (nSPS) is 24.0. The quantitative estimate of drug-likeness (QED) is 0.511. The van der Waals surface area contributed by atoms with E-state index in [1.165, 1.54) is 4.90 Å². The second-order valence-corrected chi connectivity index (χ2v) is 9.67. The number of nitriles is 1. The lowest BCUT2D eigenvalue weighted by molar-refractivity contribution is -0.152. The van der Waals surface area contributed by atoms with Gasteiger partial charge in [0.15, 0.2) is 0 Å². The van der Waals surface area contributed by atoms with E-state index in [-0.39, 0.29) is 35.5 Å². The molecule has 33 heavy (non-hydrogen) atoms. The summed E-state index contributed by atoms with van der Waals surface area (Å²) < 4.78 is 0. The third-order valence-electron chi connectivity index (χ3n) is 7.00. The molecule has 1 aromatic carbocycles. The molecule has 0 N–H and O–H groups in total. The summed E-state index contributed by atoms with van der Waals surface area (Å²) in [5.41, 5.74) is 1.65. The van der Waals surface area contributed by atoms with E-state index in [0.717, 1.165) is 18.7 Å². The van der Waals surface area contributed by atoms with Crippen LogP contribution in [-0.2, 0) is 14.4 Å². The first-order chi connectivity index (χ1) is 15.9. The molecule has 2 heterocycles. The molecule has 4 rings (SSSR count). The zero-order valence-corrected chi connectivity index (χ0v) is 19.4. The van der Waals surface area contributed by atoms with Gasteiger partial charge < -0.3 is 9.80 Å². The number of imide groups is 1. The third-order valence-corrected chi connectivity index (χ3v) is 7.00. The molecule has 1 aromatic rings. The Morgan fingerprint density at radius 2 is 1.64 bits per heavy atom. The smallest absolute Gasteiger partial charge is 0.245 e. The van der Waals surface area contributed by atoms with Crippen molar-refractivity contribution in [3.63, 3.8) is 0 Å². The predicted molar refractivity (Wildman–Crippen MR) is 125 cm³/mol. The molecule has 0 radical (unpaired) electrons. The number of allylic oxidation sites excluding steroid dienone is 2. The van der Waals surface area contributed by atoms with Gasteiger partial charge in [0.25, 0.3) is 0 Å². The van der Waals surface area contributed by atoms with Gasteiger partial charge in [0.05, 0.1) is 23.5 Å². The van der Waals surface area contributed by atoms with Crippen LogP contribution in [0.3, 0.4) is 0 Å². The second kappa shape index (κ2) is 9.78. The van der Waals surface area contributed by atoms with E-state index in [1.54, 1.807) is 12.1 Å². The van der Waals surface area contributed by atoms with Gasteiger partial charge in [0.2, 0.25) is 17.7 Å². The molecular formula is C26H32N4O3. The summed E-state index contributed by atoms with van der Waals surface area (Å²) in [5.74, 6) is -0.923. The molecule has 3 atom stereocenters. The molecule has 7 heteroatoms. The van der Waals surface area contributed by atoms with Crippen molar-refractivity contribution in [3.05, 3.63) is 42.0 Å². The van der Waals surface area contributed by atoms with Crippen molar-refractivity contribution in [2.24, 2.45) is 17.8 Å². The lowest BCUT2D eigenvalue weighted by atomic mass is 9.85. The highest BCUT2D eigenvalue weighted by atomic mass is 16.2. The lowest BCUT2D eigenvalue weighted by Crippen LogP contribution is -2.52. The fourth-order valence-electron chi connectivity index (χ4n) is 5.25. The summed E-state index contributed by atoms with van der Waals surface area (Å²) in [6.07, 6.45) is 6.40. The average molecular weight is 449 g/mol. The number of benzene rings is 1. The summed E-state index contributed by atoms with van der Waals surface area (Å²) in [7, 11) is 0. The molecule has 1 aliphatic carbocycles. The standard InChI is InChI=1S/C26H32N4O3/c1-18(2)16-23(30-24(31)21-6-3-4-7-22(21)25(30)32)26(33)29-13-5-12-28(14-15-29)20-10-8-19(17-27)9-11-20/h3-4,8-11,18,21-23H,5-7,12-16H2,1-2H3. The summed E-state index contributed by atoms with van der Waals surface area (Å²) >= 11 is 0. The Bertz CT molecular complexity index is 952. The SMILES string of the molecule is CC(C)CC(C(=O)N1CCCN(c2ccc(C#N)cc2)CC1)N1C(=O)C2CC=CCC2C1=O. The number of amides is 3. The topological polar surface area (TPSA) is 84.7 Å². The molecule has 0 spiro atoms. The van der Waals surface area contributed by atoms with Crippen LogP contribution >= 0.6 is 0 Å². The zero-order chi connectivity index (χ0) is 23.5. The van der Waals surface area contributed by atoms with Crippen molar-refractivity contribution >= 4 is 23.4 Å². The predicted octanol–water partition coefficient (Wildman–Crippen LogP) is 2.96. The van der Waals surface area contributed by atoms with E-state index in [0.29, 0.717) is 44.5 Å². The molecule has 0 saturated carbocycles. The van der Waals surface area contributed by atoms with E-state index in [2.05, 4.69) is 11.0 Å². The Morgan fingerprint density at radius 1 is 1.00 bits per heavy atom. The van der Waals surface area contributed by atoms with Crippen LogP contribution in [0.2, 0.25) is 0 Å². The minimum Gasteiger partial charge on any atom is -0.370 e. The van der Waals surface area contributed by atoms with E-state index in [4.69, 9.17) is 5.26 Å². The number of fused-ring (bicyclic) bond motifs is 1. The fraction of sp³-hybridized carbons (Fsp3) is 0.538. The average Bonchev–Trinajstić information content (AvgIpc) is 2.98. The van der Waals surface area contributed by atoms with Gasteiger partial charge >= 0.3 is 0 Å². The van der Waals surface area contributed by atoms with Crippen LogP contribution in [0.4, 0.5) is 5.69 Å². The van der Waals surface area contributed by atoms with E-state index >= 15 is 0 Å². The molecule has 3 amide bonds. The van der Waals surface area contributed by atoms with Crippen molar-refractivity contribution in [1.82, 2.24) is 9.80 Å². The number of nitrogens with zero attached hydrogens (tertiary/aromatic N) is 4. The maximum atomic E-state index is 13.7. The summed E-state index contributed by atoms with van der Waals surface area (Å²) in [6.45, 7) is 6.66. The van der Waals surface area contributed by atoms with Gasteiger partial charge in [0, 0.05) is 31.9 Å². The van der Waals surface area contributed by atoms with Crippen molar-refractivity contribution in [3.8, 4) is 6.07 Å². The molecule has 7 nitrogen and oxygen atoms in total. The van der Waals surface area contributed by atoms with Gasteiger partial charge in [-0.15, -0.1) is 0 Å². The van der Waals surface area contributed by atoms with Crippen molar-refractivity contribution in [2.75, 3.05) is 31.1 Å². The zero-order valence-electron chi connectivity index (χ0n) is 19.4. The largest absolute Gasteiger partial charge is 0.370 e. The molecule has 3 unspecified atom stereocenters. The van der Waals surface area contributed by atoms with Crippen LogP contribution < -0.4 is 4.90 Å². The number of likely N-dealkylation sites (tertiary alicyclic amines) is 1. The monoisotopic (exact) mass is 448 g/mol. The Balaban J connectivity index is 1.49. The second-order valence-electron chi connectivity index (χ2n) is 9.67. The third kappa shape index (κ3) is 4.66. The van der Waals surface area contributed by atoms with Crippen LogP contribution in [0.25, 0.3) is 0 Å². The van der Waals surface area contributed by atoms with Gasteiger partial charge in [-0.3, -0.25) is 19.3 Å². The molecule has 0 aromatic heterocycles. The Morgan fingerprint density at radius 3 is 2.21 bits per heavy atom. The maximum Gasteiger partial charge on any atom is 0.245 e. The van der Waals surface area contributed by atoms with Crippen LogP contribution in [0, 0.1) is 29.1 Å². The highest BCUT2D eigenvalue weighted by molar-refractivity contribution is 6.08. The Labute approximate surface area is 195 Å². The molecule has 174 valence electrons. The maximum absolute atomic E-state index is 13.7. The van der Waals surface area contributed by atoms with Gasteiger partial charge in [-0.1, -0.05) is 26.0 Å². The number of carbonyl (C=O) groups excluding carboxylic acids is 3. The van der Waals surface area contributed by atoms with Crippen molar-refractivity contribution in [2.45, 2.75) is 45.6 Å². The highest BCUT2D eigenvalue weighted by Gasteiger charge is 2.51. The number of rotatable bonds is 5. The minimum absolute atomic E-state index is 0.112. The summed E-state index contributed by atoms with van der Waals surface area (Å²) in [5, 5.41) is 9.03. The lowest BCUT2D eigenvalue weighted by Gasteiger charge is -2.32. The first kappa shape index (κ1) is 23.0. The van der Waals surface area contributed by atoms with Gasteiger partial charge in [-0.05, 0) is 55.9 Å². The van der Waals surface area contributed by atoms with Crippen LogP contribution in [0.5, 0.6) is 0 Å². The Kier molecular flexibility index (Phi) is 6.83. The Hall–Kier alpha value is -3.14. The number of hydrogen-bond acceptors (Lipinski definition) is 5. The van der Waals surface area contributed by atoms with Gasteiger partial charge in [-0.25, -0.2) is 0 Å². The number of hydrogen-bond donors (Lipinski definition) is 0. The first-order valence-electron chi connectivity index (χ1n) is 12.0. The van der Waals surface area contributed by atoms with E-state index in [1.807, 2.05) is 43.0 Å². The van der Waals surface area contributed by atoms with Crippen molar-refractivity contribution in [1.29, 1.82) is 5.26 Å². The molecule has 0 bridgehead atoms. The molecule has 2 aliphatic heterocycles. The number of anilines is 1. The molecular weight excluding hydrogens is 416 g/mol.